The third kappa shape index (κ3) is 0.728. The van der Waals surface area contributed by atoms with Crippen LogP contribution < -0.4 is 5.32 Å². The molecule has 1 aliphatic carbocycles. The fraction of sp³-hybridized carbons (Fsp3) is 0.818. The summed E-state index contributed by atoms with van der Waals surface area (Å²) < 4.78 is 5.65. The summed E-state index contributed by atoms with van der Waals surface area (Å²) in [5.41, 5.74) is 0.656. The van der Waals surface area contributed by atoms with Crippen LogP contribution in [-0.4, -0.2) is 18.9 Å². The number of hydrogen-bond donors (Lipinski definition) is 1. The number of fused-ring (bicyclic) bond motifs is 2. The molecule has 0 aromatic carbocycles. The molecule has 0 amide bonds. The number of rotatable bonds is 0. The zero-order valence-electron chi connectivity index (χ0n) is 8.39. The van der Waals surface area contributed by atoms with Gasteiger partial charge in [0.1, 0.15) is 5.72 Å². The van der Waals surface area contributed by atoms with Crippen LogP contribution in [0.3, 0.4) is 0 Å². The Bertz CT molecular complexity index is 282. The summed E-state index contributed by atoms with van der Waals surface area (Å²) in [6.45, 7) is 6.71. The zero-order valence-corrected chi connectivity index (χ0v) is 8.39. The molecule has 0 aromatic heterocycles. The van der Waals surface area contributed by atoms with E-state index in [9.17, 15) is 0 Å². The van der Waals surface area contributed by atoms with Crippen molar-refractivity contribution < 1.29 is 4.74 Å². The van der Waals surface area contributed by atoms with Gasteiger partial charge in [0.2, 0.25) is 0 Å². The minimum atomic E-state index is 0.0342. The van der Waals surface area contributed by atoms with Gasteiger partial charge in [-0.05, 0) is 12.8 Å². The lowest BCUT2D eigenvalue weighted by Crippen LogP contribution is -2.45. The number of epoxide rings is 1. The van der Waals surface area contributed by atoms with Crippen molar-refractivity contribution in [3.8, 4) is 0 Å². The number of nitrogens with one attached hydrogen (secondary N) is 1. The van der Waals surface area contributed by atoms with Crippen molar-refractivity contribution in [2.75, 3.05) is 13.2 Å². The molecule has 0 bridgehead atoms. The molecule has 13 heavy (non-hydrogen) atoms. The van der Waals surface area contributed by atoms with Crippen LogP contribution in [0.1, 0.15) is 26.7 Å². The van der Waals surface area contributed by atoms with Gasteiger partial charge in [0, 0.05) is 17.4 Å². The largest absolute Gasteiger partial charge is 0.353 e. The molecule has 2 heterocycles. The van der Waals surface area contributed by atoms with Crippen LogP contribution in [0.15, 0.2) is 12.2 Å². The normalized spacial score (nSPS) is 58.3. The van der Waals surface area contributed by atoms with E-state index in [4.69, 9.17) is 4.74 Å². The molecule has 3 rings (SSSR count). The third-order valence-corrected chi connectivity index (χ3v) is 4.62. The van der Waals surface area contributed by atoms with Crippen LogP contribution in [0.25, 0.3) is 0 Å². The SMILES string of the molecule is C[C@@]12C=CCC[C@]1(C)C1(CO1)NC2. The molecule has 2 saturated heterocycles. The van der Waals surface area contributed by atoms with Gasteiger partial charge in [0.05, 0.1) is 6.61 Å². The monoisotopic (exact) mass is 179 g/mol. The number of allylic oxidation sites excluding steroid dienone is 1. The Labute approximate surface area is 79.3 Å². The van der Waals surface area contributed by atoms with Crippen LogP contribution in [0.2, 0.25) is 0 Å². The first-order valence-corrected chi connectivity index (χ1v) is 5.19. The van der Waals surface area contributed by atoms with E-state index in [1.54, 1.807) is 0 Å². The topological polar surface area (TPSA) is 24.6 Å². The maximum atomic E-state index is 5.65. The summed E-state index contributed by atoms with van der Waals surface area (Å²) in [7, 11) is 0. The molecule has 1 N–H and O–H groups in total. The van der Waals surface area contributed by atoms with Crippen LogP contribution in [0.4, 0.5) is 0 Å². The highest BCUT2D eigenvalue weighted by molar-refractivity contribution is 5.25. The predicted molar refractivity (Wildman–Crippen MR) is 51.3 cm³/mol. The highest BCUT2D eigenvalue weighted by atomic mass is 16.6. The van der Waals surface area contributed by atoms with Gasteiger partial charge >= 0.3 is 0 Å². The van der Waals surface area contributed by atoms with Gasteiger partial charge in [-0.1, -0.05) is 26.0 Å². The molecule has 3 aliphatic rings. The lowest BCUT2D eigenvalue weighted by atomic mass is 9.60. The molecular weight excluding hydrogens is 162 g/mol. The van der Waals surface area contributed by atoms with Gasteiger partial charge < -0.3 is 4.74 Å². The van der Waals surface area contributed by atoms with E-state index in [0.29, 0.717) is 10.8 Å². The molecular formula is C11H17NO. The second kappa shape index (κ2) is 2.01. The van der Waals surface area contributed by atoms with E-state index in [1.807, 2.05) is 0 Å². The van der Waals surface area contributed by atoms with E-state index in [2.05, 4.69) is 31.3 Å². The number of ether oxygens (including phenoxy) is 1. The average molecular weight is 179 g/mol. The zero-order chi connectivity index (χ0) is 9.16. The van der Waals surface area contributed by atoms with E-state index in [-0.39, 0.29) is 5.72 Å². The fourth-order valence-electron chi connectivity index (χ4n) is 3.12. The molecule has 0 saturated carbocycles. The van der Waals surface area contributed by atoms with Crippen molar-refractivity contribution in [1.29, 1.82) is 0 Å². The Kier molecular flexibility index (Phi) is 1.24. The molecule has 0 aromatic rings. The second-order valence-corrected chi connectivity index (χ2v) is 5.16. The van der Waals surface area contributed by atoms with Gasteiger partial charge in [0.25, 0.3) is 0 Å². The second-order valence-electron chi connectivity index (χ2n) is 5.16. The van der Waals surface area contributed by atoms with Crippen molar-refractivity contribution >= 4 is 0 Å². The Morgan fingerprint density at radius 3 is 2.85 bits per heavy atom. The number of hydrogen-bond acceptors (Lipinski definition) is 2. The van der Waals surface area contributed by atoms with Gasteiger partial charge in [-0.25, -0.2) is 0 Å². The first-order valence-electron chi connectivity index (χ1n) is 5.19. The lowest BCUT2D eigenvalue weighted by Gasteiger charge is -2.42. The summed E-state index contributed by atoms with van der Waals surface area (Å²) in [5, 5.41) is 3.56. The van der Waals surface area contributed by atoms with Crippen LogP contribution in [0.5, 0.6) is 0 Å². The van der Waals surface area contributed by atoms with Gasteiger partial charge in [0.15, 0.2) is 0 Å². The summed E-state index contributed by atoms with van der Waals surface area (Å²) in [4.78, 5) is 0. The summed E-state index contributed by atoms with van der Waals surface area (Å²) in [6, 6.07) is 0. The van der Waals surface area contributed by atoms with Crippen molar-refractivity contribution in [2.45, 2.75) is 32.4 Å². The smallest absolute Gasteiger partial charge is 0.149 e. The first kappa shape index (κ1) is 8.01. The molecule has 1 spiro atoms. The van der Waals surface area contributed by atoms with E-state index in [1.165, 1.54) is 12.8 Å². The first-order chi connectivity index (χ1) is 6.12. The Morgan fingerprint density at radius 1 is 1.38 bits per heavy atom. The highest BCUT2D eigenvalue weighted by Gasteiger charge is 2.69. The van der Waals surface area contributed by atoms with Gasteiger partial charge in [-0.15, -0.1) is 0 Å². The van der Waals surface area contributed by atoms with E-state index < -0.39 is 0 Å². The summed E-state index contributed by atoms with van der Waals surface area (Å²) in [5.74, 6) is 0. The maximum absolute atomic E-state index is 5.65. The van der Waals surface area contributed by atoms with Crippen molar-refractivity contribution in [1.82, 2.24) is 5.32 Å². The summed E-state index contributed by atoms with van der Waals surface area (Å²) >= 11 is 0. The molecule has 2 heteroatoms. The quantitative estimate of drug-likeness (QED) is 0.452. The van der Waals surface area contributed by atoms with Crippen LogP contribution in [0, 0.1) is 10.8 Å². The molecule has 2 fully saturated rings. The average Bonchev–Trinajstić information content (AvgIpc) is 2.84. The molecule has 3 atom stereocenters. The van der Waals surface area contributed by atoms with Gasteiger partial charge in [-0.3, -0.25) is 5.32 Å². The van der Waals surface area contributed by atoms with Crippen molar-refractivity contribution in [3.63, 3.8) is 0 Å². The van der Waals surface area contributed by atoms with E-state index in [0.717, 1.165) is 13.2 Å². The summed E-state index contributed by atoms with van der Waals surface area (Å²) in [6.07, 6.45) is 7.18. The molecule has 2 aliphatic heterocycles. The van der Waals surface area contributed by atoms with Crippen molar-refractivity contribution in [3.05, 3.63) is 12.2 Å². The van der Waals surface area contributed by atoms with Crippen LogP contribution >= 0.6 is 0 Å². The molecule has 0 radical (unpaired) electrons. The lowest BCUT2D eigenvalue weighted by molar-refractivity contribution is 0.0564. The predicted octanol–water partition coefficient (Wildman–Crippen LogP) is 1.68. The maximum Gasteiger partial charge on any atom is 0.149 e. The van der Waals surface area contributed by atoms with Gasteiger partial charge in [-0.2, -0.15) is 0 Å². The Balaban J connectivity index is 2.09. The minimum absolute atomic E-state index is 0.0342. The molecule has 72 valence electrons. The molecule has 1 unspecified atom stereocenters. The Hall–Kier alpha value is -0.340. The van der Waals surface area contributed by atoms with Crippen molar-refractivity contribution in [2.24, 2.45) is 10.8 Å². The standard InChI is InChI=1S/C11H17NO/c1-9-5-3-4-6-10(9,2)11(8-13-11)12-7-9/h3,5,12H,4,6-8H2,1-2H3/t9-,10-,11?/m0/s1. The van der Waals surface area contributed by atoms with Crippen LogP contribution in [-0.2, 0) is 4.74 Å². The minimum Gasteiger partial charge on any atom is -0.353 e. The Morgan fingerprint density at radius 2 is 2.15 bits per heavy atom. The highest BCUT2D eigenvalue weighted by Crippen LogP contribution is 2.62. The molecule has 2 nitrogen and oxygen atoms in total. The third-order valence-electron chi connectivity index (χ3n) is 4.62. The van der Waals surface area contributed by atoms with E-state index >= 15 is 0 Å². The fourth-order valence-corrected chi connectivity index (χ4v) is 3.12.